The molecule has 0 aromatic heterocycles. The molecule has 1 heterocycles. The third-order valence-electron chi connectivity index (χ3n) is 3.95. The number of nitriles is 1. The van der Waals surface area contributed by atoms with E-state index in [0.717, 1.165) is 5.56 Å². The fourth-order valence-corrected chi connectivity index (χ4v) is 2.92. The van der Waals surface area contributed by atoms with Crippen LogP contribution in [0.3, 0.4) is 0 Å². The molecule has 2 aromatic rings. The van der Waals surface area contributed by atoms with E-state index in [0.29, 0.717) is 47.4 Å². The number of rotatable bonds is 5. The van der Waals surface area contributed by atoms with Crippen LogP contribution in [-0.2, 0) is 17.8 Å². The van der Waals surface area contributed by atoms with E-state index in [1.807, 2.05) is 0 Å². The monoisotopic (exact) mass is 362 g/mol. The molecule has 1 N–H and O–H groups in total. The van der Waals surface area contributed by atoms with Crippen LogP contribution >= 0.6 is 0 Å². The minimum absolute atomic E-state index is 0.169. The molecule has 1 aliphatic rings. The van der Waals surface area contributed by atoms with Crippen molar-refractivity contribution in [2.24, 2.45) is 0 Å². The molecule has 0 bridgehead atoms. The zero-order valence-corrected chi connectivity index (χ0v) is 13.4. The summed E-state index contributed by atoms with van der Waals surface area (Å²) in [5, 5.41) is 12.0. The number of nitrogens with zero attached hydrogens (tertiary/aromatic N) is 1. The lowest BCUT2D eigenvalue weighted by atomic mass is 9.93. The van der Waals surface area contributed by atoms with Crippen LogP contribution in [0.4, 0.5) is 13.2 Å². The quantitative estimate of drug-likeness (QED) is 0.829. The van der Waals surface area contributed by atoms with E-state index < -0.39 is 6.36 Å². The number of carbonyl (C=O) groups excluding carboxylic acids is 1. The summed E-state index contributed by atoms with van der Waals surface area (Å²) >= 11 is 0. The van der Waals surface area contributed by atoms with Crippen molar-refractivity contribution in [2.75, 3.05) is 6.61 Å². The zero-order valence-electron chi connectivity index (χ0n) is 13.4. The lowest BCUT2D eigenvalue weighted by molar-refractivity contribution is -0.274. The van der Waals surface area contributed by atoms with E-state index in [4.69, 9.17) is 4.74 Å². The molecule has 0 fully saturated rings. The van der Waals surface area contributed by atoms with E-state index in [9.17, 15) is 23.2 Å². The van der Waals surface area contributed by atoms with Crippen LogP contribution in [0.15, 0.2) is 30.3 Å². The number of fused-ring (bicyclic) bond motifs is 1. The SMILES string of the molecule is N#Cc1c(CNC=O)cc(-c2ccc(OC(F)(F)F)cc2)c2c1CCO2. The standard InChI is InChI=1S/C18H13F3N2O3/c19-18(20,21)26-13-3-1-11(2-4-13)15-7-12(9-23-10-24)16(8-22)14-5-6-25-17(14)15/h1-4,7,10H,5-6,9H2,(H,23,24). The Bertz CT molecular complexity index is 871. The van der Waals surface area contributed by atoms with Gasteiger partial charge in [0.05, 0.1) is 18.2 Å². The molecule has 0 saturated carbocycles. The average molecular weight is 362 g/mol. The van der Waals surface area contributed by atoms with Crippen molar-refractivity contribution < 1.29 is 27.4 Å². The first kappa shape index (κ1) is 17.6. The summed E-state index contributed by atoms with van der Waals surface area (Å²) in [6.45, 7) is 0.582. The molecule has 1 aliphatic heterocycles. The number of hydrogen-bond acceptors (Lipinski definition) is 4. The van der Waals surface area contributed by atoms with Gasteiger partial charge in [0.25, 0.3) is 0 Å². The molecule has 5 nitrogen and oxygen atoms in total. The van der Waals surface area contributed by atoms with E-state index in [1.165, 1.54) is 24.3 Å². The lowest BCUT2D eigenvalue weighted by Gasteiger charge is -2.14. The Morgan fingerprint density at radius 1 is 1.31 bits per heavy atom. The predicted octanol–water partition coefficient (Wildman–Crippen LogP) is 3.30. The smallest absolute Gasteiger partial charge is 0.492 e. The Morgan fingerprint density at radius 2 is 2.04 bits per heavy atom. The molecule has 1 amide bonds. The van der Waals surface area contributed by atoms with Crippen molar-refractivity contribution in [1.29, 1.82) is 5.26 Å². The van der Waals surface area contributed by atoms with Crippen LogP contribution < -0.4 is 14.8 Å². The molecule has 8 heteroatoms. The van der Waals surface area contributed by atoms with Crippen molar-refractivity contribution >= 4 is 6.41 Å². The van der Waals surface area contributed by atoms with Crippen molar-refractivity contribution in [3.63, 3.8) is 0 Å². The highest BCUT2D eigenvalue weighted by Crippen LogP contribution is 2.41. The second kappa shape index (κ2) is 6.96. The third kappa shape index (κ3) is 3.57. The maximum absolute atomic E-state index is 12.3. The van der Waals surface area contributed by atoms with Gasteiger partial charge in [-0.25, -0.2) is 0 Å². The summed E-state index contributed by atoms with van der Waals surface area (Å²) in [5.74, 6) is 0.219. The molecule has 134 valence electrons. The van der Waals surface area contributed by atoms with Gasteiger partial charge in [0, 0.05) is 24.1 Å². The molecular formula is C18H13F3N2O3. The largest absolute Gasteiger partial charge is 0.573 e. The maximum atomic E-state index is 12.3. The Kier molecular flexibility index (Phi) is 4.71. The van der Waals surface area contributed by atoms with E-state index in [-0.39, 0.29) is 12.3 Å². The molecule has 0 unspecified atom stereocenters. The van der Waals surface area contributed by atoms with E-state index in [1.54, 1.807) is 6.07 Å². The van der Waals surface area contributed by atoms with E-state index >= 15 is 0 Å². The van der Waals surface area contributed by atoms with Crippen molar-refractivity contribution in [3.05, 3.63) is 47.0 Å². The predicted molar refractivity (Wildman–Crippen MR) is 85.4 cm³/mol. The minimum atomic E-state index is -4.76. The van der Waals surface area contributed by atoms with Gasteiger partial charge in [0.2, 0.25) is 6.41 Å². The van der Waals surface area contributed by atoms with Gasteiger partial charge in [0.1, 0.15) is 11.5 Å². The highest BCUT2D eigenvalue weighted by atomic mass is 19.4. The lowest BCUT2D eigenvalue weighted by Crippen LogP contribution is -2.16. The van der Waals surface area contributed by atoms with Crippen LogP contribution in [0, 0.1) is 11.3 Å². The van der Waals surface area contributed by atoms with Crippen molar-refractivity contribution in [2.45, 2.75) is 19.3 Å². The summed E-state index contributed by atoms with van der Waals surface area (Å²) in [4.78, 5) is 10.6. The van der Waals surface area contributed by atoms with Gasteiger partial charge in [0.15, 0.2) is 0 Å². The van der Waals surface area contributed by atoms with Gasteiger partial charge in [-0.1, -0.05) is 12.1 Å². The first-order valence-corrected chi connectivity index (χ1v) is 7.68. The maximum Gasteiger partial charge on any atom is 0.573 e. The minimum Gasteiger partial charge on any atom is -0.492 e. The first-order valence-electron chi connectivity index (χ1n) is 7.68. The fourth-order valence-electron chi connectivity index (χ4n) is 2.92. The van der Waals surface area contributed by atoms with Crippen LogP contribution in [0.25, 0.3) is 11.1 Å². The Morgan fingerprint density at radius 3 is 2.65 bits per heavy atom. The molecule has 26 heavy (non-hydrogen) atoms. The Hall–Kier alpha value is -3.21. The topological polar surface area (TPSA) is 71.4 Å². The van der Waals surface area contributed by atoms with Gasteiger partial charge in [-0.15, -0.1) is 13.2 Å². The molecule has 0 saturated heterocycles. The third-order valence-corrected chi connectivity index (χ3v) is 3.95. The summed E-state index contributed by atoms with van der Waals surface area (Å²) in [6.07, 6.45) is -3.67. The van der Waals surface area contributed by atoms with Crippen LogP contribution in [-0.4, -0.2) is 19.4 Å². The number of alkyl halides is 3. The summed E-state index contributed by atoms with van der Waals surface area (Å²) in [5.41, 5.74) is 3.08. The number of hydrogen-bond donors (Lipinski definition) is 1. The molecular weight excluding hydrogens is 349 g/mol. The normalized spacial score (nSPS) is 12.7. The van der Waals surface area contributed by atoms with Crippen molar-refractivity contribution in [1.82, 2.24) is 5.32 Å². The van der Waals surface area contributed by atoms with Gasteiger partial charge in [-0.05, 0) is 29.3 Å². The summed E-state index contributed by atoms with van der Waals surface area (Å²) in [7, 11) is 0. The number of nitrogens with one attached hydrogen (secondary N) is 1. The second-order valence-electron chi connectivity index (χ2n) is 5.55. The van der Waals surface area contributed by atoms with Crippen molar-refractivity contribution in [3.8, 4) is 28.7 Å². The number of amides is 1. The molecule has 0 atom stereocenters. The molecule has 0 spiro atoms. The number of benzene rings is 2. The second-order valence-corrected chi connectivity index (χ2v) is 5.55. The van der Waals surface area contributed by atoms with E-state index in [2.05, 4.69) is 16.1 Å². The van der Waals surface area contributed by atoms with Gasteiger partial charge >= 0.3 is 6.36 Å². The number of carbonyl (C=O) groups is 1. The first-order chi connectivity index (χ1) is 12.4. The summed E-state index contributed by atoms with van der Waals surface area (Å²) < 4.78 is 46.4. The molecule has 2 aromatic carbocycles. The van der Waals surface area contributed by atoms with Gasteiger partial charge in [-0.2, -0.15) is 5.26 Å². The highest BCUT2D eigenvalue weighted by Gasteiger charge is 2.31. The molecule has 3 rings (SSSR count). The summed E-state index contributed by atoms with van der Waals surface area (Å²) in [6, 6.07) is 9.25. The Labute approximate surface area is 146 Å². The highest BCUT2D eigenvalue weighted by molar-refractivity contribution is 5.77. The molecule has 0 radical (unpaired) electrons. The average Bonchev–Trinajstić information content (AvgIpc) is 3.08. The van der Waals surface area contributed by atoms with Crippen LogP contribution in [0.5, 0.6) is 11.5 Å². The van der Waals surface area contributed by atoms with Crippen LogP contribution in [0.2, 0.25) is 0 Å². The molecule has 0 aliphatic carbocycles. The fraction of sp³-hybridized carbons (Fsp3) is 0.222. The number of halogens is 3. The van der Waals surface area contributed by atoms with Gasteiger partial charge < -0.3 is 14.8 Å². The Balaban J connectivity index is 2.03. The number of ether oxygens (including phenoxy) is 2. The van der Waals surface area contributed by atoms with Crippen LogP contribution in [0.1, 0.15) is 16.7 Å². The van der Waals surface area contributed by atoms with Gasteiger partial charge in [-0.3, -0.25) is 4.79 Å². The zero-order chi connectivity index (χ0) is 18.7.